The Hall–Kier alpha value is -2.55. The van der Waals surface area contributed by atoms with Crippen LogP contribution in [0.1, 0.15) is 27.0 Å². The standard InChI is InChI=1S/C15H14N4O3S/c1-22-9-4-2-8(3-5-9)12(19-21)13-11-6-10(7-20)23-14(11)18-15(16)17-13/h2-7,12,19,21H,1H3,(H2,16,17,18). The largest absolute Gasteiger partial charge is 0.497 e. The van der Waals surface area contributed by atoms with Crippen LogP contribution in [0.3, 0.4) is 0 Å². The number of hydroxylamine groups is 1. The second-order valence-electron chi connectivity index (χ2n) is 4.79. The van der Waals surface area contributed by atoms with E-state index in [0.717, 1.165) is 11.8 Å². The van der Waals surface area contributed by atoms with E-state index in [0.29, 0.717) is 26.5 Å². The minimum Gasteiger partial charge on any atom is -0.497 e. The topological polar surface area (TPSA) is 110 Å². The Kier molecular flexibility index (Phi) is 4.20. The normalized spacial score (nSPS) is 12.3. The van der Waals surface area contributed by atoms with Crippen molar-refractivity contribution < 1.29 is 14.7 Å². The van der Waals surface area contributed by atoms with Crippen molar-refractivity contribution in [2.45, 2.75) is 6.04 Å². The van der Waals surface area contributed by atoms with Gasteiger partial charge in [0.15, 0.2) is 6.29 Å². The van der Waals surface area contributed by atoms with Crippen LogP contribution in [0.25, 0.3) is 10.2 Å². The summed E-state index contributed by atoms with van der Waals surface area (Å²) < 4.78 is 5.13. The Balaban J connectivity index is 2.14. The van der Waals surface area contributed by atoms with E-state index < -0.39 is 6.04 Å². The highest BCUT2D eigenvalue weighted by molar-refractivity contribution is 7.20. The number of nitrogen functional groups attached to an aromatic ring is 1. The highest BCUT2D eigenvalue weighted by Crippen LogP contribution is 2.32. The van der Waals surface area contributed by atoms with Crippen molar-refractivity contribution in [1.29, 1.82) is 0 Å². The van der Waals surface area contributed by atoms with Gasteiger partial charge in [-0.15, -0.1) is 11.3 Å². The van der Waals surface area contributed by atoms with E-state index >= 15 is 0 Å². The maximum absolute atomic E-state index is 11.0. The summed E-state index contributed by atoms with van der Waals surface area (Å²) in [5.74, 6) is 0.789. The number of ether oxygens (including phenoxy) is 1. The van der Waals surface area contributed by atoms with Gasteiger partial charge in [-0.1, -0.05) is 12.1 Å². The summed E-state index contributed by atoms with van der Waals surface area (Å²) in [5.41, 5.74) is 9.28. The Bertz CT molecular complexity index is 848. The predicted octanol–water partition coefficient (Wildman–Crippen LogP) is 2.16. The van der Waals surface area contributed by atoms with E-state index in [1.54, 1.807) is 25.3 Å². The molecule has 0 amide bonds. The number of fused-ring (bicyclic) bond motifs is 1. The molecule has 0 aliphatic carbocycles. The molecule has 1 unspecified atom stereocenters. The van der Waals surface area contributed by atoms with Crippen LogP contribution in [0.2, 0.25) is 0 Å². The van der Waals surface area contributed by atoms with Crippen molar-refractivity contribution >= 4 is 33.8 Å². The molecule has 0 saturated heterocycles. The first-order valence-corrected chi connectivity index (χ1v) is 7.53. The molecule has 0 radical (unpaired) electrons. The van der Waals surface area contributed by atoms with E-state index in [4.69, 9.17) is 10.5 Å². The Morgan fingerprint density at radius 1 is 1.35 bits per heavy atom. The van der Waals surface area contributed by atoms with Crippen LogP contribution in [-0.2, 0) is 0 Å². The third-order valence-corrected chi connectivity index (χ3v) is 4.38. The monoisotopic (exact) mass is 330 g/mol. The Labute approximate surface area is 135 Å². The van der Waals surface area contributed by atoms with Gasteiger partial charge in [0, 0.05) is 5.39 Å². The van der Waals surface area contributed by atoms with Crippen molar-refractivity contribution in [3.05, 3.63) is 46.5 Å². The van der Waals surface area contributed by atoms with Gasteiger partial charge in [-0.25, -0.2) is 9.97 Å². The molecule has 2 aromatic heterocycles. The molecule has 8 heteroatoms. The fraction of sp³-hybridized carbons (Fsp3) is 0.133. The van der Waals surface area contributed by atoms with Gasteiger partial charge >= 0.3 is 0 Å². The zero-order valence-corrected chi connectivity index (χ0v) is 13.0. The summed E-state index contributed by atoms with van der Waals surface area (Å²) in [5, 5.41) is 10.3. The molecule has 0 bridgehead atoms. The average molecular weight is 330 g/mol. The molecule has 0 saturated carbocycles. The van der Waals surface area contributed by atoms with Gasteiger partial charge in [-0.2, -0.15) is 5.48 Å². The lowest BCUT2D eigenvalue weighted by atomic mass is 10.0. The number of hydrogen-bond acceptors (Lipinski definition) is 8. The molecule has 7 nitrogen and oxygen atoms in total. The first-order chi connectivity index (χ1) is 11.2. The molecule has 118 valence electrons. The van der Waals surface area contributed by atoms with Gasteiger partial charge < -0.3 is 15.7 Å². The zero-order chi connectivity index (χ0) is 16.4. The fourth-order valence-corrected chi connectivity index (χ4v) is 3.21. The van der Waals surface area contributed by atoms with Crippen LogP contribution in [-0.4, -0.2) is 28.6 Å². The number of aromatic nitrogens is 2. The van der Waals surface area contributed by atoms with E-state index in [9.17, 15) is 10.0 Å². The number of methoxy groups -OCH3 is 1. The molecule has 3 rings (SSSR count). The SMILES string of the molecule is COc1ccc(C(NO)c2nc(N)nc3sc(C=O)cc23)cc1. The van der Waals surface area contributed by atoms with Crippen molar-refractivity contribution in [3.63, 3.8) is 0 Å². The van der Waals surface area contributed by atoms with E-state index in [-0.39, 0.29) is 5.95 Å². The maximum Gasteiger partial charge on any atom is 0.221 e. The lowest BCUT2D eigenvalue weighted by molar-refractivity contribution is 0.112. The summed E-state index contributed by atoms with van der Waals surface area (Å²) in [6.07, 6.45) is 0.751. The molecule has 1 aromatic carbocycles. The molecule has 0 fully saturated rings. The molecular weight excluding hydrogens is 316 g/mol. The summed E-state index contributed by atoms with van der Waals surface area (Å²) in [7, 11) is 1.58. The molecule has 0 aliphatic heterocycles. The van der Waals surface area contributed by atoms with Gasteiger partial charge in [0.1, 0.15) is 10.6 Å². The number of anilines is 1. The van der Waals surface area contributed by atoms with Crippen molar-refractivity contribution in [2.75, 3.05) is 12.8 Å². The maximum atomic E-state index is 11.0. The first kappa shape index (κ1) is 15.3. The predicted molar refractivity (Wildman–Crippen MR) is 87.0 cm³/mol. The Morgan fingerprint density at radius 2 is 2.09 bits per heavy atom. The number of thiophene rings is 1. The summed E-state index contributed by atoms with van der Waals surface area (Å²) in [4.78, 5) is 20.5. The number of aldehydes is 1. The number of carbonyl (C=O) groups is 1. The summed E-state index contributed by atoms with van der Waals surface area (Å²) in [6, 6.07) is 8.27. The molecule has 23 heavy (non-hydrogen) atoms. The lowest BCUT2D eigenvalue weighted by Crippen LogP contribution is -2.20. The van der Waals surface area contributed by atoms with Crippen molar-refractivity contribution in [2.24, 2.45) is 0 Å². The van der Waals surface area contributed by atoms with Crippen molar-refractivity contribution in [3.8, 4) is 5.75 Å². The zero-order valence-electron chi connectivity index (χ0n) is 12.2. The van der Waals surface area contributed by atoms with Gasteiger partial charge in [-0.05, 0) is 23.8 Å². The molecule has 3 aromatic rings. The molecular formula is C15H14N4O3S. The third kappa shape index (κ3) is 2.87. The molecule has 4 N–H and O–H groups in total. The fourth-order valence-electron chi connectivity index (χ4n) is 2.35. The third-order valence-electron chi connectivity index (χ3n) is 3.43. The van der Waals surface area contributed by atoms with Crippen molar-refractivity contribution in [1.82, 2.24) is 15.4 Å². The van der Waals surface area contributed by atoms with Crippen LogP contribution in [0.15, 0.2) is 30.3 Å². The summed E-state index contributed by atoms with van der Waals surface area (Å²) >= 11 is 1.23. The van der Waals surface area contributed by atoms with Gasteiger partial charge in [0.2, 0.25) is 5.95 Å². The Morgan fingerprint density at radius 3 is 2.70 bits per heavy atom. The number of nitrogens with zero attached hydrogens (tertiary/aromatic N) is 2. The second kappa shape index (κ2) is 6.29. The van der Waals surface area contributed by atoms with Crippen LogP contribution in [0.4, 0.5) is 5.95 Å². The minimum absolute atomic E-state index is 0.0839. The number of benzene rings is 1. The van der Waals surface area contributed by atoms with Gasteiger partial charge in [-0.3, -0.25) is 4.79 Å². The lowest BCUT2D eigenvalue weighted by Gasteiger charge is -2.16. The van der Waals surface area contributed by atoms with Crippen LogP contribution in [0.5, 0.6) is 5.75 Å². The number of rotatable bonds is 5. The molecule has 2 heterocycles. The number of carbonyl (C=O) groups excluding carboxylic acids is 1. The summed E-state index contributed by atoms with van der Waals surface area (Å²) in [6.45, 7) is 0. The quantitative estimate of drug-likeness (QED) is 0.485. The minimum atomic E-state index is -0.609. The highest BCUT2D eigenvalue weighted by atomic mass is 32.1. The van der Waals surface area contributed by atoms with E-state index in [2.05, 4.69) is 15.4 Å². The molecule has 1 atom stereocenters. The van der Waals surface area contributed by atoms with Gasteiger partial charge in [0.25, 0.3) is 0 Å². The first-order valence-electron chi connectivity index (χ1n) is 6.72. The second-order valence-corrected chi connectivity index (χ2v) is 5.85. The van der Waals surface area contributed by atoms with Crippen LogP contribution < -0.4 is 16.0 Å². The number of nitrogens with one attached hydrogen (secondary N) is 1. The van der Waals surface area contributed by atoms with Gasteiger partial charge in [0.05, 0.1) is 23.7 Å². The van der Waals surface area contributed by atoms with E-state index in [1.807, 2.05) is 12.1 Å². The van der Waals surface area contributed by atoms with Crippen LogP contribution in [0, 0.1) is 0 Å². The number of hydrogen-bond donors (Lipinski definition) is 3. The number of nitrogens with two attached hydrogens (primary N) is 1. The molecule has 0 spiro atoms. The van der Waals surface area contributed by atoms with E-state index in [1.165, 1.54) is 11.3 Å². The van der Waals surface area contributed by atoms with Crippen LogP contribution >= 0.6 is 11.3 Å². The highest BCUT2D eigenvalue weighted by Gasteiger charge is 2.20. The smallest absolute Gasteiger partial charge is 0.221 e. The molecule has 0 aliphatic rings. The average Bonchev–Trinajstić information content (AvgIpc) is 2.99.